The van der Waals surface area contributed by atoms with Crippen LogP contribution in [-0.2, 0) is 0 Å². The third kappa shape index (κ3) is 2.08. The number of hydrogen-bond donors (Lipinski definition) is 1. The van der Waals surface area contributed by atoms with Gasteiger partial charge in [0.1, 0.15) is 0 Å². The van der Waals surface area contributed by atoms with E-state index in [1.807, 2.05) is 38.2 Å². The molecule has 1 aromatic rings. The van der Waals surface area contributed by atoms with Gasteiger partial charge in [-0.05, 0) is 31.6 Å². The highest BCUT2D eigenvalue weighted by Gasteiger charge is 2.20. The first-order valence-electron chi connectivity index (χ1n) is 5.54. The Kier molecular flexibility index (Phi) is 3.25. The summed E-state index contributed by atoms with van der Waals surface area (Å²) < 4.78 is 0. The van der Waals surface area contributed by atoms with Crippen molar-refractivity contribution in [1.82, 2.24) is 10.2 Å². The highest BCUT2D eigenvalue weighted by Crippen LogP contribution is 2.13. The van der Waals surface area contributed by atoms with Crippen LogP contribution < -0.4 is 10.8 Å². The summed E-state index contributed by atoms with van der Waals surface area (Å²) in [7, 11) is 0. The zero-order valence-electron chi connectivity index (χ0n) is 9.64. The largest absolute Gasteiger partial charge is 0.419 e. The predicted octanol–water partition coefficient (Wildman–Crippen LogP) is 1.83. The van der Waals surface area contributed by atoms with Gasteiger partial charge in [0.15, 0.2) is 0 Å². The molecule has 1 aromatic heterocycles. The summed E-state index contributed by atoms with van der Waals surface area (Å²) in [5.41, 5.74) is 3.45. The van der Waals surface area contributed by atoms with Crippen LogP contribution in [0, 0.1) is 0 Å². The van der Waals surface area contributed by atoms with E-state index in [0.717, 1.165) is 5.59 Å². The number of nitrogens with one attached hydrogen (secondary N) is 1. The van der Waals surface area contributed by atoms with E-state index in [0.29, 0.717) is 0 Å². The lowest BCUT2D eigenvalue weighted by atomic mass is 9.56. The Morgan fingerprint density at radius 1 is 1.25 bits per heavy atom. The van der Waals surface area contributed by atoms with Gasteiger partial charge in [-0.25, -0.2) is 0 Å². The van der Waals surface area contributed by atoms with Crippen LogP contribution in [-0.4, -0.2) is 11.8 Å². The first-order chi connectivity index (χ1) is 7.85. The van der Waals surface area contributed by atoms with E-state index >= 15 is 0 Å². The predicted molar refractivity (Wildman–Crippen MR) is 69.4 cm³/mol. The van der Waals surface area contributed by atoms with Gasteiger partial charge < -0.3 is 5.23 Å². The van der Waals surface area contributed by atoms with Gasteiger partial charge in [0.25, 0.3) is 0 Å². The summed E-state index contributed by atoms with van der Waals surface area (Å²) in [4.78, 5) is 4.36. The van der Waals surface area contributed by atoms with Crippen molar-refractivity contribution in [3.05, 3.63) is 59.9 Å². The minimum Gasteiger partial charge on any atom is -0.419 e. The molecular formula is C13H15BN2. The van der Waals surface area contributed by atoms with E-state index < -0.39 is 0 Å². The smallest absolute Gasteiger partial charge is 0.333 e. The average Bonchev–Trinajstić information content (AvgIpc) is 2.39. The molecule has 0 fully saturated rings. The fourth-order valence-electron chi connectivity index (χ4n) is 1.82. The lowest BCUT2D eigenvalue weighted by Gasteiger charge is -2.21. The molecule has 1 aliphatic rings. The number of rotatable bonds is 1. The molecule has 2 nitrogen and oxygen atoms in total. The van der Waals surface area contributed by atoms with Crippen LogP contribution in [0.1, 0.15) is 13.8 Å². The Bertz CT molecular complexity index is 446. The molecular weight excluding hydrogens is 195 g/mol. The van der Waals surface area contributed by atoms with Gasteiger partial charge in [-0.2, -0.15) is 0 Å². The molecule has 2 heterocycles. The van der Waals surface area contributed by atoms with Gasteiger partial charge in [-0.3, -0.25) is 4.98 Å². The molecule has 0 bridgehead atoms. The van der Waals surface area contributed by atoms with E-state index in [9.17, 15) is 0 Å². The van der Waals surface area contributed by atoms with Crippen molar-refractivity contribution in [2.24, 2.45) is 0 Å². The van der Waals surface area contributed by atoms with E-state index in [1.54, 1.807) is 0 Å². The SMILES string of the molecule is CC=C1C=CB(c2ccccn2)NC1=CC. The molecule has 2 rings (SSSR count). The molecule has 0 atom stereocenters. The van der Waals surface area contributed by atoms with Gasteiger partial charge in [0.2, 0.25) is 0 Å². The third-order valence-corrected chi connectivity index (χ3v) is 2.70. The molecule has 0 amide bonds. The Hall–Kier alpha value is -1.77. The Morgan fingerprint density at radius 3 is 2.75 bits per heavy atom. The minimum absolute atomic E-state index is 0.177. The maximum absolute atomic E-state index is 4.36. The number of aromatic nitrogens is 1. The van der Waals surface area contributed by atoms with Crippen LogP contribution in [0.5, 0.6) is 0 Å². The van der Waals surface area contributed by atoms with Gasteiger partial charge in [-0.1, -0.05) is 30.3 Å². The topological polar surface area (TPSA) is 24.9 Å². The summed E-state index contributed by atoms with van der Waals surface area (Å²) in [5.74, 6) is 2.14. The Morgan fingerprint density at radius 2 is 2.12 bits per heavy atom. The van der Waals surface area contributed by atoms with Crippen molar-refractivity contribution in [2.45, 2.75) is 13.8 Å². The normalized spacial score (nSPS) is 20.2. The molecule has 0 spiro atoms. The van der Waals surface area contributed by atoms with Crippen LogP contribution in [0.3, 0.4) is 0 Å². The van der Waals surface area contributed by atoms with Gasteiger partial charge in [0.05, 0.1) is 0 Å². The molecule has 3 heteroatoms. The van der Waals surface area contributed by atoms with Crippen LogP contribution in [0.4, 0.5) is 0 Å². The average molecular weight is 210 g/mol. The van der Waals surface area contributed by atoms with Crippen LogP contribution in [0.2, 0.25) is 0 Å². The molecule has 0 saturated carbocycles. The van der Waals surface area contributed by atoms with Crippen molar-refractivity contribution in [2.75, 3.05) is 0 Å². The van der Waals surface area contributed by atoms with Crippen LogP contribution in [0.25, 0.3) is 0 Å². The highest BCUT2D eigenvalue weighted by atomic mass is 14.8. The summed E-state index contributed by atoms with van der Waals surface area (Å²) in [5, 5.41) is 3.46. The summed E-state index contributed by atoms with van der Waals surface area (Å²) in [6, 6.07) is 5.98. The number of nitrogens with zero attached hydrogens (tertiary/aromatic N) is 1. The standard InChI is InChI=1S/C13H15BN2/c1-3-11-8-9-14(16-12(11)4-2)13-7-5-6-10-15-13/h3-10,16H,1-2H3. The second kappa shape index (κ2) is 4.84. The second-order valence-corrected chi connectivity index (χ2v) is 3.68. The fourth-order valence-corrected chi connectivity index (χ4v) is 1.82. The lowest BCUT2D eigenvalue weighted by molar-refractivity contribution is 1.15. The summed E-state index contributed by atoms with van der Waals surface area (Å²) in [6.45, 7) is 4.27. The van der Waals surface area contributed by atoms with E-state index in [2.05, 4.69) is 34.4 Å². The van der Waals surface area contributed by atoms with Gasteiger partial charge in [-0.15, -0.1) is 0 Å². The zero-order chi connectivity index (χ0) is 11.4. The quantitative estimate of drug-likeness (QED) is 0.715. The number of pyridine rings is 1. The maximum atomic E-state index is 4.36. The first kappa shape index (κ1) is 10.7. The summed E-state index contributed by atoms with van der Waals surface area (Å²) >= 11 is 0. The molecule has 0 aliphatic carbocycles. The molecule has 80 valence electrons. The highest BCUT2D eigenvalue weighted by molar-refractivity contribution is 6.75. The van der Waals surface area contributed by atoms with Crippen LogP contribution in [0.15, 0.2) is 59.9 Å². The molecule has 0 radical (unpaired) electrons. The minimum atomic E-state index is 0.177. The third-order valence-electron chi connectivity index (χ3n) is 2.70. The number of allylic oxidation sites excluding steroid dienone is 3. The molecule has 16 heavy (non-hydrogen) atoms. The maximum Gasteiger partial charge on any atom is 0.333 e. The van der Waals surface area contributed by atoms with Crippen molar-refractivity contribution in [1.29, 1.82) is 0 Å². The molecule has 1 aliphatic heterocycles. The molecule has 0 saturated heterocycles. The molecule has 0 aromatic carbocycles. The van der Waals surface area contributed by atoms with Crippen molar-refractivity contribution >= 4 is 12.4 Å². The Balaban J connectivity index is 2.29. The van der Waals surface area contributed by atoms with Gasteiger partial charge >= 0.3 is 6.85 Å². The fraction of sp³-hybridized carbons (Fsp3) is 0.154. The van der Waals surface area contributed by atoms with Crippen molar-refractivity contribution in [3.63, 3.8) is 0 Å². The zero-order valence-corrected chi connectivity index (χ0v) is 9.64. The van der Waals surface area contributed by atoms with Crippen LogP contribution >= 0.6 is 0 Å². The van der Waals surface area contributed by atoms with Crippen molar-refractivity contribution < 1.29 is 0 Å². The van der Waals surface area contributed by atoms with E-state index in [1.165, 1.54) is 11.3 Å². The summed E-state index contributed by atoms with van der Waals surface area (Å²) in [6.07, 6.45) is 8.17. The number of hydrogen-bond acceptors (Lipinski definition) is 2. The van der Waals surface area contributed by atoms with Gasteiger partial charge in [0, 0.05) is 17.5 Å². The molecule has 0 unspecified atom stereocenters. The monoisotopic (exact) mass is 210 g/mol. The lowest BCUT2D eigenvalue weighted by Crippen LogP contribution is -2.46. The van der Waals surface area contributed by atoms with E-state index in [-0.39, 0.29) is 6.85 Å². The van der Waals surface area contributed by atoms with Crippen molar-refractivity contribution in [3.8, 4) is 0 Å². The second-order valence-electron chi connectivity index (χ2n) is 3.68. The van der Waals surface area contributed by atoms with E-state index in [4.69, 9.17) is 0 Å². The molecule has 1 N–H and O–H groups in total. The Labute approximate surface area is 96.9 Å². The first-order valence-corrected chi connectivity index (χ1v) is 5.54.